The lowest BCUT2D eigenvalue weighted by atomic mass is 9.99. The van der Waals surface area contributed by atoms with Crippen molar-refractivity contribution in [2.75, 3.05) is 13.1 Å². The Morgan fingerprint density at radius 2 is 2.06 bits per heavy atom. The fourth-order valence-electron chi connectivity index (χ4n) is 2.16. The Hall–Kier alpha value is -0.960. The Bertz CT molecular complexity index is 374. The van der Waals surface area contributed by atoms with Crippen molar-refractivity contribution in [2.24, 2.45) is 5.92 Å². The summed E-state index contributed by atoms with van der Waals surface area (Å²) < 4.78 is 0. The lowest BCUT2D eigenvalue weighted by molar-refractivity contribution is 0.0683. The van der Waals surface area contributed by atoms with Crippen molar-refractivity contribution < 1.29 is 4.79 Å². The standard InChI is InChI=1S/C13H17NOS/c1-10-3-2-8-14(9-10)13(15)11-4-6-12(16)7-5-11/h4-7,10,16H,2-3,8-9H2,1H3. The molecule has 0 aromatic heterocycles. The normalized spacial score (nSPS) is 20.9. The van der Waals surface area contributed by atoms with Crippen molar-refractivity contribution in [3.63, 3.8) is 0 Å². The average molecular weight is 235 g/mol. The van der Waals surface area contributed by atoms with E-state index in [1.54, 1.807) is 0 Å². The zero-order valence-electron chi connectivity index (χ0n) is 9.52. The Kier molecular flexibility index (Phi) is 3.54. The van der Waals surface area contributed by atoms with Crippen LogP contribution in [0.3, 0.4) is 0 Å². The van der Waals surface area contributed by atoms with Crippen LogP contribution in [0.25, 0.3) is 0 Å². The van der Waals surface area contributed by atoms with Crippen LogP contribution in [0.4, 0.5) is 0 Å². The summed E-state index contributed by atoms with van der Waals surface area (Å²) in [7, 11) is 0. The Morgan fingerprint density at radius 1 is 1.38 bits per heavy atom. The second kappa shape index (κ2) is 4.91. The number of nitrogens with zero attached hydrogens (tertiary/aromatic N) is 1. The van der Waals surface area contributed by atoms with Gasteiger partial charge in [-0.25, -0.2) is 0 Å². The second-order valence-electron chi connectivity index (χ2n) is 4.55. The number of likely N-dealkylation sites (tertiary alicyclic amines) is 1. The zero-order valence-corrected chi connectivity index (χ0v) is 10.4. The molecule has 0 spiro atoms. The molecule has 1 aliphatic heterocycles. The van der Waals surface area contributed by atoms with Crippen LogP contribution < -0.4 is 0 Å². The number of thiol groups is 1. The molecule has 1 aromatic rings. The summed E-state index contributed by atoms with van der Waals surface area (Å²) >= 11 is 4.22. The number of carbonyl (C=O) groups is 1. The predicted molar refractivity (Wildman–Crippen MR) is 68.0 cm³/mol. The summed E-state index contributed by atoms with van der Waals surface area (Å²) in [6, 6.07) is 7.43. The van der Waals surface area contributed by atoms with Gasteiger partial charge in [0.2, 0.25) is 0 Å². The minimum atomic E-state index is 0.153. The summed E-state index contributed by atoms with van der Waals surface area (Å²) in [4.78, 5) is 15.0. The molecule has 0 N–H and O–H groups in total. The van der Waals surface area contributed by atoms with Crippen LogP contribution in [0.1, 0.15) is 30.1 Å². The van der Waals surface area contributed by atoms with Gasteiger partial charge in [0, 0.05) is 23.5 Å². The first-order chi connectivity index (χ1) is 7.66. The molecule has 1 heterocycles. The number of hydrogen-bond donors (Lipinski definition) is 1. The molecule has 1 aliphatic rings. The zero-order chi connectivity index (χ0) is 11.5. The molecule has 1 aromatic carbocycles. The Labute approximate surface area is 102 Å². The van der Waals surface area contributed by atoms with Gasteiger partial charge in [0.25, 0.3) is 5.91 Å². The van der Waals surface area contributed by atoms with Crippen LogP contribution in [0.5, 0.6) is 0 Å². The smallest absolute Gasteiger partial charge is 0.253 e. The number of piperidine rings is 1. The Morgan fingerprint density at radius 3 is 2.69 bits per heavy atom. The third-order valence-corrected chi connectivity index (χ3v) is 3.36. The maximum Gasteiger partial charge on any atom is 0.253 e. The molecule has 1 fully saturated rings. The van der Waals surface area contributed by atoms with Gasteiger partial charge < -0.3 is 4.90 Å². The number of amides is 1. The summed E-state index contributed by atoms with van der Waals surface area (Å²) in [5.74, 6) is 0.779. The van der Waals surface area contributed by atoms with Gasteiger partial charge in [0.15, 0.2) is 0 Å². The molecule has 2 nitrogen and oxygen atoms in total. The van der Waals surface area contributed by atoms with Gasteiger partial charge in [0.1, 0.15) is 0 Å². The molecule has 0 radical (unpaired) electrons. The number of benzene rings is 1. The Balaban J connectivity index is 2.09. The maximum absolute atomic E-state index is 12.2. The lowest BCUT2D eigenvalue weighted by Gasteiger charge is -2.31. The third-order valence-electron chi connectivity index (χ3n) is 3.06. The van der Waals surface area contributed by atoms with Gasteiger partial charge in [-0.1, -0.05) is 6.92 Å². The molecule has 16 heavy (non-hydrogen) atoms. The number of carbonyl (C=O) groups excluding carboxylic acids is 1. The second-order valence-corrected chi connectivity index (χ2v) is 5.06. The van der Waals surface area contributed by atoms with Crippen LogP contribution in [0, 0.1) is 5.92 Å². The molecule has 1 unspecified atom stereocenters. The number of hydrogen-bond acceptors (Lipinski definition) is 2. The van der Waals surface area contributed by atoms with Gasteiger partial charge in [-0.3, -0.25) is 4.79 Å². The first-order valence-electron chi connectivity index (χ1n) is 5.75. The molecule has 1 saturated heterocycles. The molecule has 2 rings (SSSR count). The number of rotatable bonds is 1. The SMILES string of the molecule is CC1CCCN(C(=O)c2ccc(S)cc2)C1. The van der Waals surface area contributed by atoms with Crippen molar-refractivity contribution in [3.05, 3.63) is 29.8 Å². The highest BCUT2D eigenvalue weighted by molar-refractivity contribution is 7.80. The molecule has 0 saturated carbocycles. The van der Waals surface area contributed by atoms with Crippen molar-refractivity contribution in [1.29, 1.82) is 0 Å². The molecule has 0 bridgehead atoms. The highest BCUT2D eigenvalue weighted by Crippen LogP contribution is 2.18. The topological polar surface area (TPSA) is 20.3 Å². The molecule has 3 heteroatoms. The first-order valence-corrected chi connectivity index (χ1v) is 6.20. The monoisotopic (exact) mass is 235 g/mol. The lowest BCUT2D eigenvalue weighted by Crippen LogP contribution is -2.39. The van der Waals surface area contributed by atoms with Gasteiger partial charge in [-0.05, 0) is 43.0 Å². The van der Waals surface area contributed by atoms with Gasteiger partial charge in [-0.2, -0.15) is 0 Å². The fourth-order valence-corrected chi connectivity index (χ4v) is 2.31. The molecule has 86 valence electrons. The van der Waals surface area contributed by atoms with Crippen molar-refractivity contribution in [2.45, 2.75) is 24.7 Å². The van der Waals surface area contributed by atoms with E-state index in [1.807, 2.05) is 29.2 Å². The van der Waals surface area contributed by atoms with Crippen molar-refractivity contribution in [1.82, 2.24) is 4.90 Å². The minimum Gasteiger partial charge on any atom is -0.338 e. The molecule has 0 aliphatic carbocycles. The molecule has 1 atom stereocenters. The first kappa shape index (κ1) is 11.5. The van der Waals surface area contributed by atoms with E-state index in [-0.39, 0.29) is 5.91 Å². The summed E-state index contributed by atoms with van der Waals surface area (Å²) in [6.07, 6.45) is 2.36. The highest BCUT2D eigenvalue weighted by atomic mass is 32.1. The summed E-state index contributed by atoms with van der Waals surface area (Å²) in [5, 5.41) is 0. The van der Waals surface area contributed by atoms with E-state index >= 15 is 0 Å². The summed E-state index contributed by atoms with van der Waals surface area (Å²) in [5.41, 5.74) is 0.770. The van der Waals surface area contributed by atoms with Gasteiger partial charge >= 0.3 is 0 Å². The largest absolute Gasteiger partial charge is 0.338 e. The van der Waals surface area contributed by atoms with Crippen molar-refractivity contribution in [3.8, 4) is 0 Å². The third kappa shape index (κ3) is 2.59. The molecule has 1 amide bonds. The van der Waals surface area contributed by atoms with E-state index in [1.165, 1.54) is 6.42 Å². The predicted octanol–water partition coefficient (Wildman–Crippen LogP) is 2.85. The average Bonchev–Trinajstić information content (AvgIpc) is 2.29. The van der Waals surface area contributed by atoms with Gasteiger partial charge in [0.05, 0.1) is 0 Å². The molecular formula is C13H17NOS. The van der Waals surface area contributed by atoms with E-state index in [9.17, 15) is 4.79 Å². The van der Waals surface area contributed by atoms with E-state index in [2.05, 4.69) is 19.6 Å². The van der Waals surface area contributed by atoms with E-state index in [0.29, 0.717) is 5.92 Å². The minimum absolute atomic E-state index is 0.153. The quantitative estimate of drug-likeness (QED) is 0.742. The van der Waals surface area contributed by atoms with Crippen LogP contribution in [-0.4, -0.2) is 23.9 Å². The van der Waals surface area contributed by atoms with Crippen LogP contribution in [-0.2, 0) is 0 Å². The maximum atomic E-state index is 12.2. The molecular weight excluding hydrogens is 218 g/mol. The van der Waals surface area contributed by atoms with Crippen LogP contribution in [0.15, 0.2) is 29.2 Å². The van der Waals surface area contributed by atoms with Crippen LogP contribution in [0.2, 0.25) is 0 Å². The van der Waals surface area contributed by atoms with Crippen LogP contribution >= 0.6 is 12.6 Å². The van der Waals surface area contributed by atoms with Crippen molar-refractivity contribution >= 4 is 18.5 Å². The highest BCUT2D eigenvalue weighted by Gasteiger charge is 2.21. The van der Waals surface area contributed by atoms with E-state index in [0.717, 1.165) is 30.0 Å². The van der Waals surface area contributed by atoms with Gasteiger partial charge in [-0.15, -0.1) is 12.6 Å². The summed E-state index contributed by atoms with van der Waals surface area (Å²) in [6.45, 7) is 3.99. The van der Waals surface area contributed by atoms with E-state index in [4.69, 9.17) is 0 Å². The fraction of sp³-hybridized carbons (Fsp3) is 0.462. The van der Waals surface area contributed by atoms with E-state index < -0.39 is 0 Å².